The van der Waals surface area contributed by atoms with Gasteiger partial charge < -0.3 is 10.5 Å². The van der Waals surface area contributed by atoms with Crippen LogP contribution in [0.5, 0.6) is 5.75 Å². The molecule has 2 rings (SSSR count). The van der Waals surface area contributed by atoms with Gasteiger partial charge in [0, 0.05) is 12.2 Å². The fraction of sp³-hybridized carbons (Fsp3) is 0.267. The first-order chi connectivity index (χ1) is 8.66. The molecular weight excluding hydrogens is 224 g/mol. The van der Waals surface area contributed by atoms with Crippen LogP contribution >= 0.6 is 0 Å². The second-order valence-electron chi connectivity index (χ2n) is 4.42. The van der Waals surface area contributed by atoms with Crippen molar-refractivity contribution in [2.24, 2.45) is 5.73 Å². The zero-order chi connectivity index (χ0) is 13.0. The normalized spacial score (nSPS) is 12.2. The third-order valence-electron chi connectivity index (χ3n) is 2.83. The maximum absolute atomic E-state index is 5.85. The molecule has 0 aliphatic rings. The molecule has 2 aromatic rings. The van der Waals surface area contributed by atoms with E-state index in [1.54, 1.807) is 6.20 Å². The highest BCUT2D eigenvalue weighted by Crippen LogP contribution is 2.22. The number of aryl methyl sites for hydroxylation is 1. The lowest BCUT2D eigenvalue weighted by Gasteiger charge is -2.12. The number of benzene rings is 1. The summed E-state index contributed by atoms with van der Waals surface area (Å²) in [5.74, 6) is 0.880. The van der Waals surface area contributed by atoms with Crippen molar-refractivity contribution >= 4 is 0 Å². The van der Waals surface area contributed by atoms with Gasteiger partial charge in [0.1, 0.15) is 12.4 Å². The number of hydrogen-bond acceptors (Lipinski definition) is 3. The first-order valence-corrected chi connectivity index (χ1v) is 6.05. The molecule has 0 radical (unpaired) electrons. The summed E-state index contributed by atoms with van der Waals surface area (Å²) in [7, 11) is 0. The number of hydrogen-bond donors (Lipinski definition) is 1. The van der Waals surface area contributed by atoms with Gasteiger partial charge in [-0.25, -0.2) is 0 Å². The minimum atomic E-state index is 0.0496. The Kier molecular flexibility index (Phi) is 3.95. The summed E-state index contributed by atoms with van der Waals surface area (Å²) in [6.07, 6.45) is 1.77. The molecule has 0 saturated heterocycles. The lowest BCUT2D eigenvalue weighted by Crippen LogP contribution is -2.05. The van der Waals surface area contributed by atoms with E-state index in [0.29, 0.717) is 6.61 Å². The van der Waals surface area contributed by atoms with E-state index in [-0.39, 0.29) is 6.04 Å². The molecule has 1 atom stereocenters. The van der Waals surface area contributed by atoms with Crippen molar-refractivity contribution in [3.05, 3.63) is 59.4 Å². The second kappa shape index (κ2) is 5.65. The van der Waals surface area contributed by atoms with Crippen LogP contribution in [-0.2, 0) is 6.61 Å². The molecule has 0 amide bonds. The number of rotatable bonds is 4. The van der Waals surface area contributed by atoms with E-state index in [1.165, 1.54) is 0 Å². The smallest absolute Gasteiger partial charge is 0.130 e. The highest BCUT2D eigenvalue weighted by Gasteiger charge is 2.04. The van der Waals surface area contributed by atoms with Crippen LogP contribution in [0.4, 0.5) is 0 Å². The lowest BCUT2D eigenvalue weighted by molar-refractivity contribution is 0.299. The summed E-state index contributed by atoms with van der Waals surface area (Å²) in [6, 6.07) is 11.9. The van der Waals surface area contributed by atoms with Gasteiger partial charge in [-0.15, -0.1) is 0 Å². The lowest BCUT2D eigenvalue weighted by atomic mass is 10.1. The summed E-state index contributed by atoms with van der Waals surface area (Å²) in [5, 5.41) is 0. The first-order valence-electron chi connectivity index (χ1n) is 6.05. The van der Waals surface area contributed by atoms with Crippen LogP contribution in [0.15, 0.2) is 42.6 Å². The van der Waals surface area contributed by atoms with Gasteiger partial charge >= 0.3 is 0 Å². The fourth-order valence-corrected chi connectivity index (χ4v) is 1.75. The van der Waals surface area contributed by atoms with Crippen molar-refractivity contribution in [2.75, 3.05) is 0 Å². The molecule has 1 aromatic heterocycles. The van der Waals surface area contributed by atoms with Gasteiger partial charge in [0.15, 0.2) is 0 Å². The van der Waals surface area contributed by atoms with Gasteiger partial charge in [-0.3, -0.25) is 4.98 Å². The van der Waals surface area contributed by atoms with Crippen LogP contribution in [0.25, 0.3) is 0 Å². The fourth-order valence-electron chi connectivity index (χ4n) is 1.75. The number of aromatic nitrogens is 1. The zero-order valence-corrected chi connectivity index (χ0v) is 10.8. The summed E-state index contributed by atoms with van der Waals surface area (Å²) >= 11 is 0. The number of nitrogens with zero attached hydrogens (tertiary/aromatic N) is 1. The number of pyridine rings is 1. The predicted octanol–water partition coefficient (Wildman–Crippen LogP) is 2.99. The summed E-state index contributed by atoms with van der Waals surface area (Å²) < 4.78 is 5.75. The number of nitrogens with two attached hydrogens (primary N) is 1. The van der Waals surface area contributed by atoms with Crippen LogP contribution in [0.3, 0.4) is 0 Å². The minimum absolute atomic E-state index is 0.0496. The van der Waals surface area contributed by atoms with E-state index < -0.39 is 0 Å². The van der Waals surface area contributed by atoms with Gasteiger partial charge in [0.05, 0.1) is 5.69 Å². The van der Waals surface area contributed by atoms with Gasteiger partial charge in [0.25, 0.3) is 0 Å². The third-order valence-corrected chi connectivity index (χ3v) is 2.83. The first kappa shape index (κ1) is 12.6. The van der Waals surface area contributed by atoms with Crippen LogP contribution in [0.1, 0.15) is 29.8 Å². The highest BCUT2D eigenvalue weighted by molar-refractivity contribution is 5.37. The molecule has 0 saturated carbocycles. The monoisotopic (exact) mass is 242 g/mol. The zero-order valence-electron chi connectivity index (χ0n) is 10.8. The molecule has 0 aliphatic carbocycles. The summed E-state index contributed by atoms with van der Waals surface area (Å²) in [5.41, 5.74) is 8.99. The molecule has 0 bridgehead atoms. The predicted molar refractivity (Wildman–Crippen MR) is 72.4 cm³/mol. The van der Waals surface area contributed by atoms with Crippen LogP contribution in [-0.4, -0.2) is 4.98 Å². The molecular formula is C15H18N2O. The van der Waals surface area contributed by atoms with Crippen molar-refractivity contribution in [1.29, 1.82) is 0 Å². The molecule has 1 aromatic carbocycles. The average molecular weight is 242 g/mol. The van der Waals surface area contributed by atoms with Crippen molar-refractivity contribution in [2.45, 2.75) is 26.5 Å². The molecule has 1 unspecified atom stereocenters. The summed E-state index contributed by atoms with van der Waals surface area (Å²) in [6.45, 7) is 4.49. The quantitative estimate of drug-likeness (QED) is 0.896. The Bertz CT molecular complexity index is 509. The molecule has 3 heteroatoms. The maximum Gasteiger partial charge on any atom is 0.130 e. The van der Waals surface area contributed by atoms with Crippen molar-refractivity contribution in [3.63, 3.8) is 0 Å². The molecule has 0 fully saturated rings. The van der Waals surface area contributed by atoms with Crippen LogP contribution in [0.2, 0.25) is 0 Å². The van der Waals surface area contributed by atoms with Crippen molar-refractivity contribution in [3.8, 4) is 5.75 Å². The molecule has 0 spiro atoms. The molecule has 18 heavy (non-hydrogen) atoms. The van der Waals surface area contributed by atoms with E-state index in [1.807, 2.05) is 44.2 Å². The molecule has 2 N–H and O–H groups in total. The van der Waals surface area contributed by atoms with E-state index in [0.717, 1.165) is 22.6 Å². The maximum atomic E-state index is 5.85. The van der Waals surface area contributed by atoms with E-state index in [2.05, 4.69) is 11.1 Å². The topological polar surface area (TPSA) is 48.1 Å². The Labute approximate surface area is 108 Å². The van der Waals surface area contributed by atoms with Gasteiger partial charge in [-0.1, -0.05) is 18.2 Å². The highest BCUT2D eigenvalue weighted by atomic mass is 16.5. The van der Waals surface area contributed by atoms with Gasteiger partial charge in [-0.05, 0) is 43.2 Å². The third kappa shape index (κ3) is 3.08. The molecule has 3 nitrogen and oxygen atoms in total. The van der Waals surface area contributed by atoms with Gasteiger partial charge in [0.2, 0.25) is 0 Å². The Balaban J connectivity index is 2.06. The number of ether oxygens (including phenoxy) is 1. The average Bonchev–Trinajstić information content (AvgIpc) is 2.38. The Hall–Kier alpha value is -1.87. The largest absolute Gasteiger partial charge is 0.487 e. The van der Waals surface area contributed by atoms with E-state index in [9.17, 15) is 0 Å². The molecule has 1 heterocycles. The van der Waals surface area contributed by atoms with E-state index in [4.69, 9.17) is 10.5 Å². The Morgan fingerprint density at radius 1 is 1.28 bits per heavy atom. The van der Waals surface area contributed by atoms with E-state index >= 15 is 0 Å². The minimum Gasteiger partial charge on any atom is -0.487 e. The van der Waals surface area contributed by atoms with Crippen molar-refractivity contribution < 1.29 is 4.74 Å². The van der Waals surface area contributed by atoms with Crippen LogP contribution < -0.4 is 10.5 Å². The standard InChI is InChI=1S/C15H18N2O/c1-11-9-13(12(2)16)6-7-15(11)18-10-14-5-3-4-8-17-14/h3-9,12H,10,16H2,1-2H3. The second-order valence-corrected chi connectivity index (χ2v) is 4.42. The van der Waals surface area contributed by atoms with Crippen LogP contribution in [0, 0.1) is 6.92 Å². The summed E-state index contributed by atoms with van der Waals surface area (Å²) in [4.78, 5) is 4.22. The Morgan fingerprint density at radius 2 is 2.11 bits per heavy atom. The van der Waals surface area contributed by atoms with Gasteiger partial charge in [-0.2, -0.15) is 0 Å². The van der Waals surface area contributed by atoms with Crippen molar-refractivity contribution in [1.82, 2.24) is 4.98 Å². The SMILES string of the molecule is Cc1cc(C(C)N)ccc1OCc1ccccn1. The Morgan fingerprint density at radius 3 is 2.72 bits per heavy atom. The molecule has 0 aliphatic heterocycles. The molecule has 94 valence electrons.